The van der Waals surface area contributed by atoms with Crippen molar-refractivity contribution in [3.63, 3.8) is 0 Å². The molecule has 0 aromatic heterocycles. The van der Waals surface area contributed by atoms with Crippen LogP contribution in [0.15, 0.2) is 0 Å². The van der Waals surface area contributed by atoms with Crippen molar-refractivity contribution >= 4 is 0 Å². The van der Waals surface area contributed by atoms with E-state index < -0.39 is 0 Å². The molecule has 0 saturated heterocycles. The molecule has 0 aromatic carbocycles. The highest BCUT2D eigenvalue weighted by atomic mass is 14.6. The van der Waals surface area contributed by atoms with Crippen molar-refractivity contribution in [2.45, 2.75) is 38.5 Å². The molecule has 5 aliphatic rings. The van der Waals surface area contributed by atoms with Gasteiger partial charge in [-0.25, -0.2) is 0 Å². The van der Waals surface area contributed by atoms with Crippen LogP contribution in [-0.2, 0) is 0 Å². The van der Waals surface area contributed by atoms with Gasteiger partial charge in [-0.05, 0) is 74.0 Å². The molecule has 0 atom stereocenters. The van der Waals surface area contributed by atoms with Crippen LogP contribution in [0.25, 0.3) is 0 Å². The van der Waals surface area contributed by atoms with Gasteiger partial charge in [-0.3, -0.25) is 0 Å². The SMILES string of the molecule is C1C2CC3CC1C1CC2CC3C1. The standard InChI is InChI=1S/C12H18/c1-7-2-11-3-8(1)10-4-9(7)5-12(11)6-10/h7-12H,1-6H2. The summed E-state index contributed by atoms with van der Waals surface area (Å²) in [6, 6.07) is 0. The van der Waals surface area contributed by atoms with E-state index in [0.717, 1.165) is 0 Å². The molecular formula is C12H18. The number of hydrogen-bond acceptors (Lipinski definition) is 0. The van der Waals surface area contributed by atoms with Gasteiger partial charge < -0.3 is 0 Å². The Kier molecular flexibility index (Phi) is 1.03. The Labute approximate surface area is 74.7 Å². The van der Waals surface area contributed by atoms with Crippen LogP contribution in [-0.4, -0.2) is 0 Å². The minimum absolute atomic E-state index is 1.20. The minimum Gasteiger partial charge on any atom is -0.0470 e. The summed E-state index contributed by atoms with van der Waals surface area (Å²) in [7, 11) is 0. The normalized spacial score (nSPS) is 66.0. The van der Waals surface area contributed by atoms with Crippen molar-refractivity contribution < 1.29 is 0 Å². The Morgan fingerprint density at radius 1 is 0.333 bits per heavy atom. The van der Waals surface area contributed by atoms with Crippen molar-refractivity contribution in [3.05, 3.63) is 0 Å². The van der Waals surface area contributed by atoms with Crippen molar-refractivity contribution in [1.82, 2.24) is 0 Å². The lowest BCUT2D eigenvalue weighted by atomic mass is 9.45. The Hall–Kier alpha value is 0. The van der Waals surface area contributed by atoms with Gasteiger partial charge in [0.05, 0.1) is 0 Å². The van der Waals surface area contributed by atoms with Gasteiger partial charge in [-0.2, -0.15) is 0 Å². The highest BCUT2D eigenvalue weighted by Gasteiger charge is 2.53. The molecule has 0 N–H and O–H groups in total. The first-order chi connectivity index (χ1) is 5.90. The van der Waals surface area contributed by atoms with Gasteiger partial charge >= 0.3 is 0 Å². The average molecular weight is 162 g/mol. The fourth-order valence-corrected chi connectivity index (χ4v) is 5.22. The largest absolute Gasteiger partial charge is 0.0470 e. The lowest BCUT2D eigenvalue weighted by molar-refractivity contribution is -0.101. The van der Waals surface area contributed by atoms with E-state index in [2.05, 4.69) is 0 Å². The summed E-state index contributed by atoms with van der Waals surface area (Å²) in [5, 5.41) is 0. The van der Waals surface area contributed by atoms with Gasteiger partial charge in [-0.1, -0.05) is 0 Å². The van der Waals surface area contributed by atoms with Crippen LogP contribution in [0.4, 0.5) is 0 Å². The van der Waals surface area contributed by atoms with Gasteiger partial charge in [0.15, 0.2) is 0 Å². The Morgan fingerprint density at radius 2 is 0.500 bits per heavy atom. The third kappa shape index (κ3) is 0.625. The summed E-state index contributed by atoms with van der Waals surface area (Å²) in [6.07, 6.45) is 9.82. The monoisotopic (exact) mass is 162 g/mol. The molecule has 0 heteroatoms. The average Bonchev–Trinajstić information content (AvgIpc) is 2.12. The summed E-state index contributed by atoms with van der Waals surface area (Å²) in [4.78, 5) is 0. The third-order valence-electron chi connectivity index (χ3n) is 5.63. The maximum absolute atomic E-state index is 1.64. The maximum Gasteiger partial charge on any atom is -0.0380 e. The molecule has 5 rings (SSSR count). The summed E-state index contributed by atoms with van der Waals surface area (Å²) in [5.74, 6) is 7.18. The van der Waals surface area contributed by atoms with Crippen LogP contribution in [0.3, 0.4) is 0 Å². The molecule has 0 aromatic rings. The Bertz CT molecular complexity index is 146. The highest BCUT2D eigenvalue weighted by molar-refractivity contribution is 5.03. The quantitative estimate of drug-likeness (QED) is 0.513. The van der Waals surface area contributed by atoms with E-state index in [1.807, 2.05) is 0 Å². The van der Waals surface area contributed by atoms with Crippen LogP contribution >= 0.6 is 0 Å². The molecule has 0 aliphatic heterocycles. The zero-order valence-corrected chi connectivity index (χ0v) is 7.71. The van der Waals surface area contributed by atoms with Crippen molar-refractivity contribution in [1.29, 1.82) is 0 Å². The number of rotatable bonds is 0. The molecule has 6 bridgehead atoms. The van der Waals surface area contributed by atoms with Crippen LogP contribution in [0.2, 0.25) is 0 Å². The topological polar surface area (TPSA) is 0 Å². The van der Waals surface area contributed by atoms with E-state index in [1.165, 1.54) is 35.5 Å². The molecule has 5 saturated carbocycles. The van der Waals surface area contributed by atoms with E-state index in [-0.39, 0.29) is 0 Å². The fourth-order valence-electron chi connectivity index (χ4n) is 5.22. The summed E-state index contributed by atoms with van der Waals surface area (Å²) < 4.78 is 0. The van der Waals surface area contributed by atoms with Crippen LogP contribution in [0.1, 0.15) is 38.5 Å². The molecule has 5 aliphatic carbocycles. The summed E-state index contributed by atoms with van der Waals surface area (Å²) in [5.41, 5.74) is 0. The molecule has 66 valence electrons. The molecule has 0 heterocycles. The third-order valence-corrected chi connectivity index (χ3v) is 5.63. The first-order valence-electron chi connectivity index (χ1n) is 5.90. The number of hydrogen-bond donors (Lipinski definition) is 0. The first-order valence-corrected chi connectivity index (χ1v) is 5.90. The fraction of sp³-hybridized carbons (Fsp3) is 1.00. The summed E-state index contributed by atoms with van der Waals surface area (Å²) in [6.45, 7) is 0. The second-order valence-electron chi connectivity index (χ2n) is 5.97. The van der Waals surface area contributed by atoms with Crippen LogP contribution in [0.5, 0.6) is 0 Å². The molecule has 5 fully saturated rings. The maximum atomic E-state index is 1.64. The Balaban J connectivity index is 1.82. The molecule has 12 heavy (non-hydrogen) atoms. The van der Waals surface area contributed by atoms with Crippen LogP contribution < -0.4 is 0 Å². The molecule has 0 radical (unpaired) electrons. The molecule has 0 spiro atoms. The lowest BCUT2D eigenvalue weighted by Gasteiger charge is -2.60. The van der Waals surface area contributed by atoms with Gasteiger partial charge in [-0.15, -0.1) is 0 Å². The molecule has 0 amide bonds. The molecule has 0 nitrogen and oxygen atoms in total. The van der Waals surface area contributed by atoms with Crippen LogP contribution in [0, 0.1) is 35.5 Å². The van der Waals surface area contributed by atoms with E-state index in [0.29, 0.717) is 0 Å². The smallest absolute Gasteiger partial charge is 0.0380 e. The first kappa shape index (κ1) is 6.45. The second-order valence-corrected chi connectivity index (χ2v) is 5.97. The van der Waals surface area contributed by atoms with Crippen molar-refractivity contribution in [2.24, 2.45) is 35.5 Å². The van der Waals surface area contributed by atoms with E-state index in [9.17, 15) is 0 Å². The van der Waals surface area contributed by atoms with E-state index >= 15 is 0 Å². The van der Waals surface area contributed by atoms with Gasteiger partial charge in [0.25, 0.3) is 0 Å². The molecular weight excluding hydrogens is 144 g/mol. The van der Waals surface area contributed by atoms with Gasteiger partial charge in [0.1, 0.15) is 0 Å². The highest BCUT2D eigenvalue weighted by Crippen LogP contribution is 2.63. The lowest BCUT2D eigenvalue weighted by Crippen LogP contribution is -2.51. The zero-order chi connectivity index (χ0) is 7.71. The predicted octanol–water partition coefficient (Wildman–Crippen LogP) is 3.08. The zero-order valence-electron chi connectivity index (χ0n) is 7.71. The van der Waals surface area contributed by atoms with E-state index in [4.69, 9.17) is 0 Å². The van der Waals surface area contributed by atoms with Gasteiger partial charge in [0, 0.05) is 0 Å². The van der Waals surface area contributed by atoms with Gasteiger partial charge in [0.2, 0.25) is 0 Å². The summed E-state index contributed by atoms with van der Waals surface area (Å²) >= 11 is 0. The predicted molar refractivity (Wildman–Crippen MR) is 48.6 cm³/mol. The van der Waals surface area contributed by atoms with E-state index in [1.54, 1.807) is 38.5 Å². The van der Waals surface area contributed by atoms with Crippen molar-refractivity contribution in [3.8, 4) is 0 Å². The minimum atomic E-state index is 1.20. The van der Waals surface area contributed by atoms with Crippen molar-refractivity contribution in [2.75, 3.05) is 0 Å². The molecule has 0 unspecified atom stereocenters. The second kappa shape index (κ2) is 1.91. The Morgan fingerprint density at radius 3 is 0.667 bits per heavy atom.